The second-order valence-corrected chi connectivity index (χ2v) is 4.97. The minimum atomic E-state index is -4.35. The number of likely N-dealkylation sites (N-methyl/N-ethyl adjacent to an activating group) is 1. The quantitative estimate of drug-likeness (QED) is 0.914. The third-order valence-electron chi connectivity index (χ3n) is 3.26. The van der Waals surface area contributed by atoms with Crippen molar-refractivity contribution in [1.82, 2.24) is 15.1 Å². The maximum absolute atomic E-state index is 12.6. The molecule has 1 atom stereocenters. The van der Waals surface area contributed by atoms with Gasteiger partial charge in [0.1, 0.15) is 0 Å². The minimum Gasteiger partial charge on any atom is -0.309 e. The summed E-state index contributed by atoms with van der Waals surface area (Å²) < 4.78 is 39.1. The van der Waals surface area contributed by atoms with Gasteiger partial charge in [-0.15, -0.1) is 0 Å². The Balaban J connectivity index is 2.16. The first-order valence-electron chi connectivity index (χ1n) is 6.79. The standard InChI is InChI=1S/C15H18F3N3/c1-3-19-14(12-6-4-11(2)5-7-12)10-21-9-13(8-20-21)15(16,17)18/h4-9,14,19H,3,10H2,1-2H3. The van der Waals surface area contributed by atoms with Crippen LogP contribution in [0.25, 0.3) is 0 Å². The molecular formula is C15H18F3N3. The first kappa shape index (κ1) is 15.6. The fraction of sp³-hybridized carbons (Fsp3) is 0.400. The van der Waals surface area contributed by atoms with Crippen molar-refractivity contribution in [3.05, 3.63) is 53.3 Å². The van der Waals surface area contributed by atoms with E-state index in [-0.39, 0.29) is 6.04 Å². The molecule has 0 aliphatic rings. The molecule has 0 amide bonds. The number of nitrogens with zero attached hydrogens (tertiary/aromatic N) is 2. The van der Waals surface area contributed by atoms with Gasteiger partial charge in [0.15, 0.2) is 0 Å². The number of halogens is 3. The van der Waals surface area contributed by atoms with E-state index >= 15 is 0 Å². The van der Waals surface area contributed by atoms with Crippen LogP contribution in [-0.4, -0.2) is 16.3 Å². The van der Waals surface area contributed by atoms with Crippen molar-refractivity contribution in [2.24, 2.45) is 0 Å². The normalized spacial score (nSPS) is 13.4. The zero-order valence-electron chi connectivity index (χ0n) is 12.0. The number of hydrogen-bond donors (Lipinski definition) is 1. The van der Waals surface area contributed by atoms with Crippen LogP contribution in [0.15, 0.2) is 36.7 Å². The van der Waals surface area contributed by atoms with E-state index in [4.69, 9.17) is 0 Å². The lowest BCUT2D eigenvalue weighted by molar-refractivity contribution is -0.137. The number of aromatic nitrogens is 2. The van der Waals surface area contributed by atoms with Crippen LogP contribution in [-0.2, 0) is 12.7 Å². The molecule has 0 radical (unpaired) electrons. The molecule has 1 aromatic heterocycles. The monoisotopic (exact) mass is 297 g/mol. The topological polar surface area (TPSA) is 29.9 Å². The van der Waals surface area contributed by atoms with Crippen LogP contribution in [0.5, 0.6) is 0 Å². The van der Waals surface area contributed by atoms with Crippen molar-refractivity contribution in [2.75, 3.05) is 6.54 Å². The van der Waals surface area contributed by atoms with Crippen LogP contribution in [0.3, 0.4) is 0 Å². The number of aryl methyl sites for hydroxylation is 1. The zero-order chi connectivity index (χ0) is 15.5. The van der Waals surface area contributed by atoms with Crippen molar-refractivity contribution >= 4 is 0 Å². The molecule has 21 heavy (non-hydrogen) atoms. The van der Waals surface area contributed by atoms with Crippen molar-refractivity contribution in [3.8, 4) is 0 Å². The summed E-state index contributed by atoms with van der Waals surface area (Å²) >= 11 is 0. The lowest BCUT2D eigenvalue weighted by atomic mass is 10.1. The van der Waals surface area contributed by atoms with Gasteiger partial charge in [-0.25, -0.2) is 0 Å². The molecule has 0 aliphatic carbocycles. The highest BCUT2D eigenvalue weighted by Gasteiger charge is 2.32. The van der Waals surface area contributed by atoms with Gasteiger partial charge in [0.2, 0.25) is 0 Å². The summed E-state index contributed by atoms with van der Waals surface area (Å²) in [6, 6.07) is 7.87. The molecule has 1 aromatic carbocycles. The largest absolute Gasteiger partial charge is 0.419 e. The SMILES string of the molecule is CCNC(Cn1cc(C(F)(F)F)cn1)c1ccc(C)cc1. The summed E-state index contributed by atoms with van der Waals surface area (Å²) in [5.74, 6) is 0. The van der Waals surface area contributed by atoms with E-state index in [1.165, 1.54) is 4.68 Å². The highest BCUT2D eigenvalue weighted by Crippen LogP contribution is 2.28. The van der Waals surface area contributed by atoms with Crippen molar-refractivity contribution < 1.29 is 13.2 Å². The molecule has 1 N–H and O–H groups in total. The Morgan fingerprint density at radius 2 is 1.90 bits per heavy atom. The molecule has 0 aliphatic heterocycles. The van der Waals surface area contributed by atoms with E-state index in [0.29, 0.717) is 6.54 Å². The summed E-state index contributed by atoms with van der Waals surface area (Å²) in [6.45, 7) is 5.04. The fourth-order valence-electron chi connectivity index (χ4n) is 2.13. The molecule has 0 bridgehead atoms. The smallest absolute Gasteiger partial charge is 0.309 e. The number of nitrogens with one attached hydrogen (secondary N) is 1. The van der Waals surface area contributed by atoms with Gasteiger partial charge in [-0.3, -0.25) is 4.68 Å². The van der Waals surface area contributed by atoms with Crippen LogP contribution in [0, 0.1) is 6.92 Å². The van der Waals surface area contributed by atoms with E-state index in [1.807, 2.05) is 38.1 Å². The van der Waals surface area contributed by atoms with Crippen molar-refractivity contribution in [2.45, 2.75) is 32.6 Å². The van der Waals surface area contributed by atoms with Crippen LogP contribution >= 0.6 is 0 Å². The summed E-state index contributed by atoms with van der Waals surface area (Å²) in [5, 5.41) is 7.08. The molecule has 1 heterocycles. The second-order valence-electron chi connectivity index (χ2n) is 4.97. The third kappa shape index (κ3) is 4.07. The summed E-state index contributed by atoms with van der Waals surface area (Å²) in [4.78, 5) is 0. The molecule has 2 aromatic rings. The number of rotatable bonds is 5. The molecule has 6 heteroatoms. The molecule has 0 spiro atoms. The number of hydrogen-bond acceptors (Lipinski definition) is 2. The van der Waals surface area contributed by atoms with Gasteiger partial charge in [-0.1, -0.05) is 36.8 Å². The predicted octanol–water partition coefficient (Wildman–Crippen LogP) is 3.56. The highest BCUT2D eigenvalue weighted by atomic mass is 19.4. The Bertz CT molecular complexity index is 573. The van der Waals surface area contributed by atoms with E-state index in [9.17, 15) is 13.2 Å². The summed E-state index contributed by atoms with van der Waals surface area (Å²) in [7, 11) is 0. The highest BCUT2D eigenvalue weighted by molar-refractivity contribution is 5.24. The summed E-state index contributed by atoms with van der Waals surface area (Å²) in [5.41, 5.74) is 1.46. The van der Waals surface area contributed by atoms with Crippen LogP contribution in [0.1, 0.15) is 29.7 Å². The van der Waals surface area contributed by atoms with E-state index in [1.54, 1.807) is 0 Å². The molecular weight excluding hydrogens is 279 g/mol. The Morgan fingerprint density at radius 3 is 2.43 bits per heavy atom. The summed E-state index contributed by atoms with van der Waals surface area (Å²) in [6.07, 6.45) is -2.45. The van der Waals surface area contributed by atoms with E-state index in [2.05, 4.69) is 10.4 Å². The second kappa shape index (κ2) is 6.30. The van der Waals surface area contributed by atoms with Crippen LogP contribution in [0.2, 0.25) is 0 Å². The van der Waals surface area contributed by atoms with Gasteiger partial charge in [0.25, 0.3) is 0 Å². The average molecular weight is 297 g/mol. The van der Waals surface area contributed by atoms with Gasteiger partial charge in [0.05, 0.1) is 24.3 Å². The zero-order valence-corrected chi connectivity index (χ0v) is 12.0. The number of alkyl halides is 3. The molecule has 3 nitrogen and oxygen atoms in total. The molecule has 0 saturated carbocycles. The molecule has 0 saturated heterocycles. The third-order valence-corrected chi connectivity index (χ3v) is 3.26. The predicted molar refractivity (Wildman–Crippen MR) is 74.8 cm³/mol. The average Bonchev–Trinajstić information content (AvgIpc) is 2.88. The van der Waals surface area contributed by atoms with E-state index < -0.39 is 11.7 Å². The first-order valence-corrected chi connectivity index (χ1v) is 6.79. The Hall–Kier alpha value is -1.82. The van der Waals surface area contributed by atoms with E-state index in [0.717, 1.165) is 30.1 Å². The van der Waals surface area contributed by atoms with Gasteiger partial charge in [0, 0.05) is 6.20 Å². The lowest BCUT2D eigenvalue weighted by Gasteiger charge is -2.18. The number of benzene rings is 1. The molecule has 114 valence electrons. The molecule has 2 rings (SSSR count). The lowest BCUT2D eigenvalue weighted by Crippen LogP contribution is -2.25. The van der Waals surface area contributed by atoms with Crippen molar-refractivity contribution in [3.63, 3.8) is 0 Å². The fourth-order valence-corrected chi connectivity index (χ4v) is 2.13. The first-order chi connectivity index (χ1) is 9.90. The minimum absolute atomic E-state index is 0.0726. The van der Waals surface area contributed by atoms with Crippen LogP contribution in [0.4, 0.5) is 13.2 Å². The maximum atomic E-state index is 12.6. The Labute approximate surface area is 121 Å². The molecule has 0 fully saturated rings. The van der Waals surface area contributed by atoms with Gasteiger partial charge in [-0.05, 0) is 19.0 Å². The molecule has 1 unspecified atom stereocenters. The van der Waals surface area contributed by atoms with Gasteiger partial charge in [-0.2, -0.15) is 18.3 Å². The maximum Gasteiger partial charge on any atom is 0.419 e. The Morgan fingerprint density at radius 1 is 1.24 bits per heavy atom. The van der Waals surface area contributed by atoms with Gasteiger partial charge < -0.3 is 5.32 Å². The van der Waals surface area contributed by atoms with Crippen molar-refractivity contribution in [1.29, 1.82) is 0 Å². The van der Waals surface area contributed by atoms with Crippen LogP contribution < -0.4 is 5.32 Å². The Kier molecular flexibility index (Phi) is 4.67. The van der Waals surface area contributed by atoms with Gasteiger partial charge >= 0.3 is 6.18 Å².